The van der Waals surface area contributed by atoms with Gasteiger partial charge in [0.05, 0.1) is 17.7 Å². The van der Waals surface area contributed by atoms with Crippen molar-refractivity contribution in [2.24, 2.45) is 0 Å². The zero-order chi connectivity index (χ0) is 24.3. The van der Waals surface area contributed by atoms with E-state index >= 15 is 0 Å². The summed E-state index contributed by atoms with van der Waals surface area (Å²) < 4.78 is 34.5. The van der Waals surface area contributed by atoms with Crippen LogP contribution < -0.4 is 9.04 Å². The van der Waals surface area contributed by atoms with Gasteiger partial charge in [-0.1, -0.05) is 35.9 Å². The second kappa shape index (κ2) is 10.1. The zero-order valence-corrected chi connectivity index (χ0v) is 20.8. The normalized spacial score (nSPS) is 15.3. The van der Waals surface area contributed by atoms with E-state index in [0.717, 1.165) is 49.2 Å². The average molecular weight is 481 g/mol. The number of phenols is 1. The molecule has 0 aromatic heterocycles. The van der Waals surface area contributed by atoms with Gasteiger partial charge in [-0.05, 0) is 74.2 Å². The Bertz CT molecular complexity index is 1230. The van der Waals surface area contributed by atoms with Crippen molar-refractivity contribution in [3.63, 3.8) is 0 Å². The Hall–Kier alpha value is -3.03. The highest BCUT2D eigenvalue weighted by Crippen LogP contribution is 2.32. The number of methoxy groups -OCH3 is 1. The predicted molar refractivity (Wildman–Crippen MR) is 135 cm³/mol. The molecule has 3 aromatic rings. The number of benzene rings is 3. The highest BCUT2D eigenvalue weighted by Gasteiger charge is 2.34. The van der Waals surface area contributed by atoms with Crippen LogP contribution in [0, 0.1) is 13.8 Å². The first-order valence-electron chi connectivity index (χ1n) is 11.5. The lowest BCUT2D eigenvalue weighted by atomic mass is 10.0. The summed E-state index contributed by atoms with van der Waals surface area (Å²) in [5.41, 5.74) is 3.82. The first-order valence-corrected chi connectivity index (χ1v) is 13.0. The molecule has 4 rings (SSSR count). The predicted octanol–water partition coefficient (Wildman–Crippen LogP) is 4.88. The van der Waals surface area contributed by atoms with Crippen molar-refractivity contribution >= 4 is 15.7 Å². The van der Waals surface area contributed by atoms with Crippen LogP contribution in [0.2, 0.25) is 0 Å². The van der Waals surface area contributed by atoms with Crippen molar-refractivity contribution in [2.75, 3.05) is 24.5 Å². The van der Waals surface area contributed by atoms with Gasteiger partial charge in [-0.2, -0.15) is 0 Å². The van der Waals surface area contributed by atoms with E-state index in [0.29, 0.717) is 16.3 Å². The van der Waals surface area contributed by atoms with E-state index in [-0.39, 0.29) is 11.8 Å². The molecule has 34 heavy (non-hydrogen) atoms. The van der Waals surface area contributed by atoms with Gasteiger partial charge in [0.2, 0.25) is 0 Å². The zero-order valence-electron chi connectivity index (χ0n) is 19.9. The quantitative estimate of drug-likeness (QED) is 0.522. The molecule has 180 valence electrons. The second-order valence-corrected chi connectivity index (χ2v) is 10.8. The maximum absolute atomic E-state index is 13.8. The fourth-order valence-electron chi connectivity index (χ4n) is 4.53. The van der Waals surface area contributed by atoms with E-state index < -0.39 is 10.0 Å². The van der Waals surface area contributed by atoms with Crippen molar-refractivity contribution in [3.8, 4) is 11.5 Å². The lowest BCUT2D eigenvalue weighted by Crippen LogP contribution is -2.47. The Balaban J connectivity index is 1.56. The molecule has 1 aliphatic rings. The average Bonchev–Trinajstić information content (AvgIpc) is 2.82. The lowest BCUT2D eigenvalue weighted by Gasteiger charge is -2.39. The minimum atomic E-state index is -3.71. The number of piperidine rings is 1. The van der Waals surface area contributed by atoms with Crippen molar-refractivity contribution in [2.45, 2.75) is 44.2 Å². The summed E-state index contributed by atoms with van der Waals surface area (Å²) in [5.74, 6) is 0.585. The molecule has 7 heteroatoms. The molecule has 1 fully saturated rings. The molecule has 0 amide bonds. The smallest absolute Gasteiger partial charge is 0.264 e. The number of hydrogen-bond donors (Lipinski definition) is 1. The molecular weight excluding hydrogens is 448 g/mol. The molecule has 1 N–H and O–H groups in total. The highest BCUT2D eigenvalue weighted by atomic mass is 32.2. The molecule has 0 radical (unpaired) electrons. The third-order valence-electron chi connectivity index (χ3n) is 6.37. The number of anilines is 1. The number of nitrogens with zero attached hydrogens (tertiary/aromatic N) is 2. The third-order valence-corrected chi connectivity index (χ3v) is 8.27. The van der Waals surface area contributed by atoms with E-state index in [9.17, 15) is 13.5 Å². The van der Waals surface area contributed by atoms with Gasteiger partial charge in [-0.15, -0.1) is 0 Å². The Morgan fingerprint density at radius 1 is 0.971 bits per heavy atom. The molecule has 0 bridgehead atoms. The molecule has 6 nitrogen and oxygen atoms in total. The number of aromatic hydroxyl groups is 1. The highest BCUT2D eigenvalue weighted by molar-refractivity contribution is 7.92. The summed E-state index contributed by atoms with van der Waals surface area (Å²) >= 11 is 0. The van der Waals surface area contributed by atoms with Crippen molar-refractivity contribution in [3.05, 3.63) is 83.4 Å². The molecule has 1 saturated heterocycles. The van der Waals surface area contributed by atoms with E-state index in [1.807, 2.05) is 62.4 Å². The Morgan fingerprint density at radius 3 is 2.32 bits per heavy atom. The molecule has 0 spiro atoms. The maximum atomic E-state index is 13.8. The summed E-state index contributed by atoms with van der Waals surface area (Å²) in [6, 6.07) is 20.1. The van der Waals surface area contributed by atoms with Crippen molar-refractivity contribution < 1.29 is 18.3 Å². The standard InChI is InChI=1S/C27H32N2O4S/c1-20-7-10-25(11-8-20)34(31,32)29(24-6-4-5-21(2)17-24)23-13-15-28(16-14-23)19-22-9-12-26(30)27(18-22)33-3/h4-12,17-18,23,30H,13-16,19H2,1-3H3. The number of aryl methyl sites for hydroxylation is 2. The largest absolute Gasteiger partial charge is 0.504 e. The molecule has 0 unspecified atom stereocenters. The molecule has 1 aliphatic heterocycles. The van der Waals surface area contributed by atoms with Gasteiger partial charge in [-0.3, -0.25) is 9.21 Å². The van der Waals surface area contributed by atoms with Gasteiger partial charge in [-0.25, -0.2) is 8.42 Å². The number of rotatable bonds is 7. The number of ether oxygens (including phenoxy) is 1. The fraction of sp³-hybridized carbons (Fsp3) is 0.333. The van der Waals surface area contributed by atoms with Gasteiger partial charge < -0.3 is 9.84 Å². The number of hydrogen-bond acceptors (Lipinski definition) is 5. The topological polar surface area (TPSA) is 70.1 Å². The van der Waals surface area contributed by atoms with Crippen LogP contribution in [-0.2, 0) is 16.6 Å². The summed E-state index contributed by atoms with van der Waals surface area (Å²) in [7, 11) is -2.17. The van der Waals surface area contributed by atoms with Gasteiger partial charge in [0.25, 0.3) is 10.0 Å². The van der Waals surface area contributed by atoms with Gasteiger partial charge in [0.1, 0.15) is 0 Å². The Labute approximate surface area is 202 Å². The van der Waals surface area contributed by atoms with E-state index in [4.69, 9.17) is 4.74 Å². The molecule has 1 heterocycles. The summed E-state index contributed by atoms with van der Waals surface area (Å²) in [6.07, 6.45) is 1.46. The first kappa shape index (κ1) is 24.1. The van der Waals surface area contributed by atoms with Crippen LogP contribution in [0.1, 0.15) is 29.5 Å². The Kier molecular flexibility index (Phi) is 7.14. The SMILES string of the molecule is COc1cc(CN2CCC(N(c3cccc(C)c3)S(=O)(=O)c3ccc(C)cc3)CC2)ccc1O. The summed E-state index contributed by atoms with van der Waals surface area (Å²) in [6.45, 7) is 6.21. The second-order valence-electron chi connectivity index (χ2n) is 8.97. The van der Waals surface area contributed by atoms with Crippen LogP contribution in [0.5, 0.6) is 11.5 Å². The van der Waals surface area contributed by atoms with Gasteiger partial charge in [0, 0.05) is 25.7 Å². The van der Waals surface area contributed by atoms with Gasteiger partial charge >= 0.3 is 0 Å². The minimum Gasteiger partial charge on any atom is -0.504 e. The van der Waals surface area contributed by atoms with E-state index in [1.54, 1.807) is 29.6 Å². The van der Waals surface area contributed by atoms with Crippen LogP contribution in [0.3, 0.4) is 0 Å². The Morgan fingerprint density at radius 2 is 1.68 bits per heavy atom. The van der Waals surface area contributed by atoms with Crippen LogP contribution in [0.15, 0.2) is 71.6 Å². The number of likely N-dealkylation sites (tertiary alicyclic amines) is 1. The van der Waals surface area contributed by atoms with E-state index in [1.165, 1.54) is 0 Å². The molecule has 3 aromatic carbocycles. The van der Waals surface area contributed by atoms with Crippen LogP contribution >= 0.6 is 0 Å². The van der Waals surface area contributed by atoms with Gasteiger partial charge in [0.15, 0.2) is 11.5 Å². The molecule has 0 saturated carbocycles. The molecule has 0 atom stereocenters. The van der Waals surface area contributed by atoms with Crippen LogP contribution in [-0.4, -0.2) is 44.7 Å². The lowest BCUT2D eigenvalue weighted by molar-refractivity contribution is 0.206. The molecule has 0 aliphatic carbocycles. The first-order chi connectivity index (χ1) is 16.3. The van der Waals surface area contributed by atoms with Crippen LogP contribution in [0.25, 0.3) is 0 Å². The van der Waals surface area contributed by atoms with Crippen molar-refractivity contribution in [1.29, 1.82) is 0 Å². The molecular formula is C27H32N2O4S. The monoisotopic (exact) mass is 480 g/mol. The number of sulfonamides is 1. The minimum absolute atomic E-state index is 0.125. The maximum Gasteiger partial charge on any atom is 0.264 e. The van der Waals surface area contributed by atoms with E-state index in [2.05, 4.69) is 4.90 Å². The van der Waals surface area contributed by atoms with Crippen molar-refractivity contribution in [1.82, 2.24) is 4.90 Å². The summed E-state index contributed by atoms with van der Waals surface area (Å²) in [5, 5.41) is 9.85. The third kappa shape index (κ3) is 5.21. The summed E-state index contributed by atoms with van der Waals surface area (Å²) in [4.78, 5) is 2.63. The fourth-order valence-corrected chi connectivity index (χ4v) is 6.23. The number of phenolic OH excluding ortho intramolecular Hbond substituents is 1. The van der Waals surface area contributed by atoms with Crippen LogP contribution in [0.4, 0.5) is 5.69 Å².